The first-order valence-electron chi connectivity index (χ1n) is 8.25. The van der Waals surface area contributed by atoms with Gasteiger partial charge in [-0.2, -0.15) is 0 Å². The summed E-state index contributed by atoms with van der Waals surface area (Å²) in [7, 11) is 0. The lowest BCUT2D eigenvalue weighted by Gasteiger charge is -2.17. The summed E-state index contributed by atoms with van der Waals surface area (Å²) in [6, 6.07) is 6.02. The Morgan fingerprint density at radius 3 is 2.59 bits per heavy atom. The van der Waals surface area contributed by atoms with Crippen molar-refractivity contribution in [2.75, 3.05) is 6.54 Å². The van der Waals surface area contributed by atoms with Gasteiger partial charge in [0.2, 0.25) is 0 Å². The number of hydrogen-bond donors (Lipinski definition) is 1. The van der Waals surface area contributed by atoms with Gasteiger partial charge in [-0.05, 0) is 76.1 Å². The van der Waals surface area contributed by atoms with Crippen LogP contribution in [0.15, 0.2) is 29.8 Å². The highest BCUT2D eigenvalue weighted by Gasteiger charge is 2.14. The number of benzene rings is 1. The van der Waals surface area contributed by atoms with Gasteiger partial charge < -0.3 is 10.1 Å². The van der Waals surface area contributed by atoms with Crippen LogP contribution < -0.4 is 10.1 Å². The van der Waals surface area contributed by atoms with Crippen LogP contribution in [0.2, 0.25) is 0 Å². The normalized spacial score (nSPS) is 15.9. The van der Waals surface area contributed by atoms with Crippen molar-refractivity contribution in [3.8, 4) is 5.75 Å². The van der Waals surface area contributed by atoms with E-state index in [0.717, 1.165) is 23.3 Å². The predicted octanol–water partition coefficient (Wildman–Crippen LogP) is 4.08. The van der Waals surface area contributed by atoms with E-state index in [4.69, 9.17) is 4.74 Å². The molecule has 0 heterocycles. The summed E-state index contributed by atoms with van der Waals surface area (Å²) in [5.41, 5.74) is 3.77. The summed E-state index contributed by atoms with van der Waals surface area (Å²) in [6.07, 6.45) is 7.77. The summed E-state index contributed by atoms with van der Waals surface area (Å²) in [4.78, 5) is 12.1. The van der Waals surface area contributed by atoms with E-state index in [9.17, 15) is 4.79 Å². The largest absolute Gasteiger partial charge is 0.481 e. The van der Waals surface area contributed by atoms with Crippen molar-refractivity contribution in [3.63, 3.8) is 0 Å². The van der Waals surface area contributed by atoms with Crippen LogP contribution in [0.25, 0.3) is 0 Å². The fourth-order valence-electron chi connectivity index (χ4n) is 2.88. The molecule has 0 saturated heterocycles. The molecule has 1 atom stereocenters. The molecule has 3 heteroatoms. The van der Waals surface area contributed by atoms with E-state index in [-0.39, 0.29) is 5.91 Å². The molecule has 0 saturated carbocycles. The third-order valence-corrected chi connectivity index (χ3v) is 4.01. The first-order valence-corrected chi connectivity index (χ1v) is 8.25. The maximum absolute atomic E-state index is 12.1. The molecule has 22 heavy (non-hydrogen) atoms. The number of hydrogen-bond acceptors (Lipinski definition) is 2. The Morgan fingerprint density at radius 1 is 1.23 bits per heavy atom. The van der Waals surface area contributed by atoms with Crippen LogP contribution in [0.4, 0.5) is 0 Å². The van der Waals surface area contributed by atoms with Crippen molar-refractivity contribution in [2.45, 2.75) is 59.0 Å². The highest BCUT2D eigenvalue weighted by Crippen LogP contribution is 2.20. The Hall–Kier alpha value is -1.77. The Kier molecular flexibility index (Phi) is 6.05. The SMILES string of the molecule is Cc1cc(C)cc(O[C@@H](C)C(=O)NCCC2=CCCCC2)c1. The summed E-state index contributed by atoms with van der Waals surface area (Å²) in [5.74, 6) is 0.714. The van der Waals surface area contributed by atoms with E-state index < -0.39 is 6.10 Å². The van der Waals surface area contributed by atoms with Crippen molar-refractivity contribution >= 4 is 5.91 Å². The van der Waals surface area contributed by atoms with Crippen LogP contribution in [0.5, 0.6) is 5.75 Å². The molecule has 120 valence electrons. The number of rotatable bonds is 6. The van der Waals surface area contributed by atoms with Gasteiger partial charge in [0.05, 0.1) is 0 Å². The molecule has 0 unspecified atom stereocenters. The van der Waals surface area contributed by atoms with Gasteiger partial charge in [-0.1, -0.05) is 17.7 Å². The molecular formula is C19H27NO2. The molecule has 0 aromatic heterocycles. The number of allylic oxidation sites excluding steroid dienone is 1. The van der Waals surface area contributed by atoms with E-state index in [1.54, 1.807) is 6.92 Å². The molecule has 1 aliphatic carbocycles. The van der Waals surface area contributed by atoms with Gasteiger partial charge in [-0.25, -0.2) is 0 Å². The van der Waals surface area contributed by atoms with Gasteiger partial charge in [-0.3, -0.25) is 4.79 Å². The molecule has 2 rings (SSSR count). The van der Waals surface area contributed by atoms with Gasteiger partial charge in [0.1, 0.15) is 5.75 Å². The lowest BCUT2D eigenvalue weighted by atomic mass is 9.97. The molecule has 3 nitrogen and oxygen atoms in total. The van der Waals surface area contributed by atoms with Gasteiger partial charge >= 0.3 is 0 Å². The highest BCUT2D eigenvalue weighted by molar-refractivity contribution is 5.80. The summed E-state index contributed by atoms with van der Waals surface area (Å²) < 4.78 is 5.75. The second-order valence-electron chi connectivity index (χ2n) is 6.23. The third kappa shape index (κ3) is 5.21. The van der Waals surface area contributed by atoms with E-state index in [0.29, 0.717) is 6.54 Å². The first-order chi connectivity index (χ1) is 10.5. The van der Waals surface area contributed by atoms with Crippen molar-refractivity contribution < 1.29 is 9.53 Å². The van der Waals surface area contributed by atoms with Gasteiger partial charge in [-0.15, -0.1) is 0 Å². The van der Waals surface area contributed by atoms with Crippen LogP contribution in [0.3, 0.4) is 0 Å². The average molecular weight is 301 g/mol. The zero-order valence-corrected chi connectivity index (χ0v) is 13.9. The molecule has 1 aromatic rings. The molecule has 1 aromatic carbocycles. The second-order valence-corrected chi connectivity index (χ2v) is 6.23. The Labute approximate surface area is 133 Å². The van der Waals surface area contributed by atoms with Crippen LogP contribution in [0.1, 0.15) is 50.2 Å². The van der Waals surface area contributed by atoms with Crippen molar-refractivity contribution in [2.24, 2.45) is 0 Å². The Balaban J connectivity index is 1.77. The van der Waals surface area contributed by atoms with Gasteiger partial charge in [0.15, 0.2) is 6.10 Å². The minimum Gasteiger partial charge on any atom is -0.481 e. The molecule has 0 aliphatic heterocycles. The molecular weight excluding hydrogens is 274 g/mol. The number of carbonyl (C=O) groups is 1. The minimum atomic E-state index is -0.471. The molecule has 0 spiro atoms. The summed E-state index contributed by atoms with van der Waals surface area (Å²) in [6.45, 7) is 6.56. The van der Waals surface area contributed by atoms with Gasteiger partial charge in [0.25, 0.3) is 5.91 Å². The van der Waals surface area contributed by atoms with E-state index in [1.807, 2.05) is 26.0 Å². The quantitative estimate of drug-likeness (QED) is 0.804. The van der Waals surface area contributed by atoms with Crippen LogP contribution in [0, 0.1) is 13.8 Å². The number of carbonyl (C=O) groups excluding carboxylic acids is 1. The fraction of sp³-hybridized carbons (Fsp3) is 0.526. The van der Waals surface area contributed by atoms with Crippen molar-refractivity contribution in [1.82, 2.24) is 5.32 Å². The number of aryl methyl sites for hydroxylation is 2. The first kappa shape index (κ1) is 16.6. The lowest BCUT2D eigenvalue weighted by molar-refractivity contribution is -0.127. The molecule has 0 radical (unpaired) electrons. The molecule has 1 N–H and O–H groups in total. The average Bonchev–Trinajstić information content (AvgIpc) is 2.47. The number of nitrogens with one attached hydrogen (secondary N) is 1. The zero-order valence-electron chi connectivity index (χ0n) is 13.9. The Bertz CT molecular complexity index is 528. The van der Waals surface area contributed by atoms with E-state index in [1.165, 1.54) is 31.3 Å². The molecule has 0 bridgehead atoms. The lowest BCUT2D eigenvalue weighted by Crippen LogP contribution is -2.37. The molecule has 0 fully saturated rings. The maximum atomic E-state index is 12.1. The van der Waals surface area contributed by atoms with E-state index >= 15 is 0 Å². The van der Waals surface area contributed by atoms with Crippen LogP contribution >= 0.6 is 0 Å². The molecule has 1 amide bonds. The van der Waals surface area contributed by atoms with Crippen molar-refractivity contribution in [1.29, 1.82) is 0 Å². The zero-order chi connectivity index (χ0) is 15.9. The van der Waals surface area contributed by atoms with Gasteiger partial charge in [0, 0.05) is 6.54 Å². The van der Waals surface area contributed by atoms with E-state index in [2.05, 4.69) is 17.5 Å². The van der Waals surface area contributed by atoms with Crippen LogP contribution in [-0.2, 0) is 4.79 Å². The standard InChI is InChI=1S/C19H27NO2/c1-14-11-15(2)13-18(12-14)22-16(3)19(21)20-10-9-17-7-5-4-6-8-17/h7,11-13,16H,4-6,8-10H2,1-3H3,(H,20,21)/t16-/m0/s1. The van der Waals surface area contributed by atoms with Crippen LogP contribution in [-0.4, -0.2) is 18.6 Å². The number of amides is 1. The molecule has 1 aliphatic rings. The summed E-state index contributed by atoms with van der Waals surface area (Å²) in [5, 5.41) is 2.97. The maximum Gasteiger partial charge on any atom is 0.260 e. The second kappa shape index (κ2) is 8.02. The Morgan fingerprint density at radius 2 is 1.95 bits per heavy atom. The summed E-state index contributed by atoms with van der Waals surface area (Å²) >= 11 is 0. The predicted molar refractivity (Wildman–Crippen MR) is 90.2 cm³/mol. The van der Waals surface area contributed by atoms with Crippen molar-refractivity contribution in [3.05, 3.63) is 41.0 Å². The minimum absolute atomic E-state index is 0.0458. The smallest absolute Gasteiger partial charge is 0.260 e. The third-order valence-electron chi connectivity index (χ3n) is 4.01. The fourth-order valence-corrected chi connectivity index (χ4v) is 2.88. The monoisotopic (exact) mass is 301 g/mol. The highest BCUT2D eigenvalue weighted by atomic mass is 16.5. The topological polar surface area (TPSA) is 38.3 Å². The number of ether oxygens (including phenoxy) is 1.